The van der Waals surface area contributed by atoms with Crippen molar-refractivity contribution < 1.29 is 18.0 Å². The summed E-state index contributed by atoms with van der Waals surface area (Å²) in [6.45, 7) is 1.81. The van der Waals surface area contributed by atoms with Crippen LogP contribution in [0.4, 0.5) is 14.8 Å². The summed E-state index contributed by atoms with van der Waals surface area (Å²) in [6.07, 6.45) is 0. The van der Waals surface area contributed by atoms with Crippen LogP contribution in [0.25, 0.3) is 11.6 Å². The minimum Gasteiger partial charge on any atom is -0.401 e. The number of anilines is 1. The number of hydrogen-bond acceptors (Lipinski definition) is 6. The molecule has 22 heavy (non-hydrogen) atoms. The van der Waals surface area contributed by atoms with Gasteiger partial charge in [-0.2, -0.15) is 0 Å². The second-order valence-electron chi connectivity index (χ2n) is 4.21. The van der Waals surface area contributed by atoms with Gasteiger partial charge >= 0.3 is 6.01 Å². The van der Waals surface area contributed by atoms with E-state index in [0.717, 1.165) is 23.2 Å². The lowest BCUT2D eigenvalue weighted by molar-refractivity contribution is 0.101. The zero-order valence-corrected chi connectivity index (χ0v) is 11.9. The van der Waals surface area contributed by atoms with Crippen LogP contribution in [-0.2, 0) is 0 Å². The van der Waals surface area contributed by atoms with Crippen molar-refractivity contribution in [2.75, 3.05) is 5.32 Å². The van der Waals surface area contributed by atoms with Gasteiger partial charge in [0.05, 0.1) is 5.01 Å². The van der Waals surface area contributed by atoms with Crippen molar-refractivity contribution in [2.45, 2.75) is 6.92 Å². The molecule has 0 aliphatic carbocycles. The Bertz CT molecular complexity index is 826. The van der Waals surface area contributed by atoms with Crippen LogP contribution >= 0.6 is 11.3 Å². The van der Waals surface area contributed by atoms with Gasteiger partial charge in [-0.15, -0.1) is 16.4 Å². The van der Waals surface area contributed by atoms with Gasteiger partial charge in [-0.25, -0.2) is 13.8 Å². The number of nitrogens with zero attached hydrogens (tertiary/aromatic N) is 3. The van der Waals surface area contributed by atoms with Crippen LogP contribution in [-0.4, -0.2) is 21.1 Å². The number of thiazole rings is 1. The maximum atomic E-state index is 13.5. The molecular formula is C13H8F2N4O2S. The minimum atomic E-state index is -1.01. The lowest BCUT2D eigenvalue weighted by atomic mass is 10.2. The van der Waals surface area contributed by atoms with Gasteiger partial charge < -0.3 is 4.42 Å². The molecule has 0 unspecified atom stereocenters. The summed E-state index contributed by atoms with van der Waals surface area (Å²) in [6, 6.07) is 2.86. The molecule has 0 saturated heterocycles. The van der Waals surface area contributed by atoms with Crippen LogP contribution in [0.3, 0.4) is 0 Å². The summed E-state index contributed by atoms with van der Waals surface area (Å²) in [5.74, 6) is -2.87. The minimum absolute atomic E-state index is 0.105. The first-order valence-electron chi connectivity index (χ1n) is 6.06. The van der Waals surface area contributed by atoms with Crippen molar-refractivity contribution in [3.8, 4) is 11.6 Å². The van der Waals surface area contributed by atoms with Crippen molar-refractivity contribution in [3.63, 3.8) is 0 Å². The Morgan fingerprint density at radius 2 is 2.00 bits per heavy atom. The molecule has 0 spiro atoms. The van der Waals surface area contributed by atoms with E-state index in [2.05, 4.69) is 20.5 Å². The van der Waals surface area contributed by atoms with E-state index in [-0.39, 0.29) is 11.9 Å². The number of aromatic nitrogens is 3. The van der Waals surface area contributed by atoms with Gasteiger partial charge in [0.15, 0.2) is 0 Å². The molecule has 112 valence electrons. The normalized spacial score (nSPS) is 10.7. The molecule has 0 aliphatic rings. The predicted octanol–water partition coefficient (Wildman–Crippen LogP) is 3.03. The SMILES string of the molecule is Cc1nc(-c2nnc(NC(=O)c3c(F)cccc3F)o2)cs1. The Labute approximate surface area is 126 Å². The van der Waals surface area contributed by atoms with E-state index in [1.165, 1.54) is 11.3 Å². The molecular weight excluding hydrogens is 314 g/mol. The largest absolute Gasteiger partial charge is 0.401 e. The summed E-state index contributed by atoms with van der Waals surface area (Å²) < 4.78 is 32.2. The summed E-state index contributed by atoms with van der Waals surface area (Å²) >= 11 is 1.40. The fourth-order valence-corrected chi connectivity index (χ4v) is 2.30. The van der Waals surface area contributed by atoms with Crippen molar-refractivity contribution >= 4 is 23.3 Å². The Morgan fingerprint density at radius 3 is 2.64 bits per heavy atom. The van der Waals surface area contributed by atoms with Gasteiger partial charge in [-0.3, -0.25) is 10.1 Å². The second-order valence-corrected chi connectivity index (χ2v) is 5.28. The van der Waals surface area contributed by atoms with Gasteiger partial charge in [-0.05, 0) is 19.1 Å². The average molecular weight is 322 g/mol. The van der Waals surface area contributed by atoms with Crippen LogP contribution in [0.5, 0.6) is 0 Å². The first-order valence-corrected chi connectivity index (χ1v) is 6.94. The third kappa shape index (κ3) is 2.70. The highest BCUT2D eigenvalue weighted by Gasteiger charge is 2.20. The van der Waals surface area contributed by atoms with Crippen molar-refractivity contribution in [2.24, 2.45) is 0 Å². The summed E-state index contributed by atoms with van der Waals surface area (Å²) in [4.78, 5) is 16.0. The molecule has 1 aromatic carbocycles. The van der Waals surface area contributed by atoms with Crippen LogP contribution in [0.1, 0.15) is 15.4 Å². The van der Waals surface area contributed by atoms with Gasteiger partial charge in [0.25, 0.3) is 11.8 Å². The Morgan fingerprint density at radius 1 is 1.27 bits per heavy atom. The number of carbonyl (C=O) groups excluding carboxylic acids is 1. The third-order valence-electron chi connectivity index (χ3n) is 2.67. The molecule has 3 rings (SSSR count). The molecule has 3 aromatic rings. The topological polar surface area (TPSA) is 80.9 Å². The van der Waals surface area contributed by atoms with E-state index in [1.54, 1.807) is 5.38 Å². The lowest BCUT2D eigenvalue weighted by Crippen LogP contribution is -2.16. The number of nitrogens with one attached hydrogen (secondary N) is 1. The molecule has 9 heteroatoms. The van der Waals surface area contributed by atoms with Crippen LogP contribution in [0.15, 0.2) is 28.0 Å². The highest BCUT2D eigenvalue weighted by molar-refractivity contribution is 7.09. The zero-order valence-electron chi connectivity index (χ0n) is 11.1. The smallest absolute Gasteiger partial charge is 0.322 e. The quantitative estimate of drug-likeness (QED) is 0.801. The first-order chi connectivity index (χ1) is 10.5. The maximum absolute atomic E-state index is 13.5. The molecule has 0 aliphatic heterocycles. The molecule has 0 radical (unpaired) electrons. The maximum Gasteiger partial charge on any atom is 0.322 e. The number of aryl methyl sites for hydroxylation is 1. The van der Waals surface area contributed by atoms with E-state index in [1.807, 2.05) is 6.92 Å². The summed E-state index contributed by atoms with van der Waals surface area (Å²) in [5.41, 5.74) is -0.251. The first kappa shape index (κ1) is 14.3. The van der Waals surface area contributed by atoms with E-state index < -0.39 is 23.1 Å². The van der Waals surface area contributed by atoms with Crippen molar-refractivity contribution in [1.29, 1.82) is 0 Å². The number of hydrogen-bond donors (Lipinski definition) is 1. The van der Waals surface area contributed by atoms with Crippen molar-refractivity contribution in [1.82, 2.24) is 15.2 Å². The highest BCUT2D eigenvalue weighted by Crippen LogP contribution is 2.22. The van der Waals surface area contributed by atoms with E-state index in [9.17, 15) is 13.6 Å². The Hall–Kier alpha value is -2.68. The monoisotopic (exact) mass is 322 g/mol. The van der Waals surface area contributed by atoms with Crippen LogP contribution < -0.4 is 5.32 Å². The molecule has 2 aromatic heterocycles. The van der Waals surface area contributed by atoms with E-state index in [0.29, 0.717) is 5.69 Å². The van der Waals surface area contributed by atoms with Gasteiger partial charge in [0.2, 0.25) is 0 Å². The second kappa shape index (κ2) is 5.60. The number of benzene rings is 1. The summed E-state index contributed by atoms with van der Waals surface area (Å²) in [7, 11) is 0. The Kier molecular flexibility index (Phi) is 3.63. The molecule has 0 saturated carbocycles. The summed E-state index contributed by atoms with van der Waals surface area (Å²) in [5, 5.41) is 12.0. The third-order valence-corrected chi connectivity index (χ3v) is 3.45. The Balaban J connectivity index is 1.82. The van der Waals surface area contributed by atoms with Gasteiger partial charge in [0, 0.05) is 5.38 Å². The predicted molar refractivity (Wildman–Crippen MR) is 74.5 cm³/mol. The molecule has 6 nitrogen and oxygen atoms in total. The average Bonchev–Trinajstić information content (AvgIpc) is 3.07. The highest BCUT2D eigenvalue weighted by atomic mass is 32.1. The molecule has 0 bridgehead atoms. The van der Waals surface area contributed by atoms with Crippen LogP contribution in [0, 0.1) is 18.6 Å². The molecule has 1 amide bonds. The standard InChI is InChI=1S/C13H8F2N4O2S/c1-6-16-9(5-22-6)12-18-19-13(21-12)17-11(20)10-7(14)3-2-4-8(10)15/h2-5H,1H3,(H,17,19,20). The van der Waals surface area contributed by atoms with E-state index in [4.69, 9.17) is 4.42 Å². The lowest BCUT2D eigenvalue weighted by Gasteiger charge is -2.03. The molecule has 0 atom stereocenters. The fraction of sp³-hybridized carbons (Fsp3) is 0.0769. The molecule has 0 fully saturated rings. The molecule has 2 heterocycles. The van der Waals surface area contributed by atoms with Crippen LogP contribution in [0.2, 0.25) is 0 Å². The van der Waals surface area contributed by atoms with Crippen molar-refractivity contribution in [3.05, 3.63) is 45.8 Å². The number of carbonyl (C=O) groups is 1. The fourth-order valence-electron chi connectivity index (χ4n) is 1.71. The number of halogens is 2. The van der Waals surface area contributed by atoms with Gasteiger partial charge in [0.1, 0.15) is 22.9 Å². The van der Waals surface area contributed by atoms with Gasteiger partial charge in [-0.1, -0.05) is 11.2 Å². The number of amides is 1. The number of rotatable bonds is 3. The van der Waals surface area contributed by atoms with E-state index >= 15 is 0 Å². The molecule has 1 N–H and O–H groups in total. The zero-order chi connectivity index (χ0) is 15.7.